The fourth-order valence-electron chi connectivity index (χ4n) is 3.11. The fourth-order valence-corrected chi connectivity index (χ4v) is 3.93. The summed E-state index contributed by atoms with van der Waals surface area (Å²) in [5, 5.41) is 20.6. The summed E-state index contributed by atoms with van der Waals surface area (Å²) in [6, 6.07) is 9.77. The van der Waals surface area contributed by atoms with Crippen LogP contribution in [-0.2, 0) is 6.42 Å². The molecule has 1 amide bonds. The Morgan fingerprint density at radius 2 is 2.10 bits per heavy atom. The molecule has 0 saturated carbocycles. The monoisotopic (exact) mass is 439 g/mol. The van der Waals surface area contributed by atoms with Crippen molar-refractivity contribution in [2.75, 3.05) is 11.9 Å². The summed E-state index contributed by atoms with van der Waals surface area (Å²) in [6.45, 7) is 4.35. The highest BCUT2D eigenvalue weighted by molar-refractivity contribution is 7.09. The van der Waals surface area contributed by atoms with Crippen molar-refractivity contribution in [3.63, 3.8) is 0 Å². The lowest BCUT2D eigenvalue weighted by atomic mass is 10.1. The normalized spacial score (nSPS) is 11.7. The zero-order chi connectivity index (χ0) is 22.2. The van der Waals surface area contributed by atoms with Gasteiger partial charge in [-0.15, -0.1) is 11.3 Å². The van der Waals surface area contributed by atoms with Crippen molar-refractivity contribution in [3.05, 3.63) is 80.0 Å². The van der Waals surface area contributed by atoms with Crippen molar-refractivity contribution in [1.82, 2.24) is 15.3 Å². The van der Waals surface area contributed by atoms with Gasteiger partial charge in [-0.3, -0.25) is 19.9 Å². The highest BCUT2D eigenvalue weighted by atomic mass is 32.1. The number of aromatic nitrogens is 2. The Labute approximate surface area is 184 Å². The number of aryl methyl sites for hydroxylation is 2. The first-order valence-electron chi connectivity index (χ1n) is 10.1. The van der Waals surface area contributed by atoms with Gasteiger partial charge in [0.25, 0.3) is 11.6 Å². The number of thiazole rings is 1. The second kappa shape index (κ2) is 10.6. The average molecular weight is 440 g/mol. The summed E-state index contributed by atoms with van der Waals surface area (Å²) >= 11 is 1.65. The molecule has 31 heavy (non-hydrogen) atoms. The second-order valence-electron chi connectivity index (χ2n) is 7.21. The highest BCUT2D eigenvalue weighted by Gasteiger charge is 2.19. The van der Waals surface area contributed by atoms with Crippen LogP contribution in [0.3, 0.4) is 0 Å². The molecule has 8 nitrogen and oxygen atoms in total. The molecular formula is C22H25N5O3S. The molecule has 162 valence electrons. The van der Waals surface area contributed by atoms with Crippen LogP contribution in [0.4, 0.5) is 11.4 Å². The molecular weight excluding hydrogens is 414 g/mol. The Hall–Kier alpha value is -3.33. The van der Waals surface area contributed by atoms with Gasteiger partial charge in [-0.2, -0.15) is 0 Å². The topological polar surface area (TPSA) is 110 Å². The van der Waals surface area contributed by atoms with Gasteiger partial charge >= 0.3 is 0 Å². The van der Waals surface area contributed by atoms with Gasteiger partial charge in [-0.1, -0.05) is 6.07 Å². The largest absolute Gasteiger partial charge is 0.371 e. The quantitative estimate of drug-likeness (QED) is 0.270. The van der Waals surface area contributed by atoms with Crippen LogP contribution in [-0.4, -0.2) is 27.3 Å². The first-order chi connectivity index (χ1) is 14.9. The average Bonchev–Trinajstić information content (AvgIpc) is 3.19. The molecule has 9 heteroatoms. The lowest BCUT2D eigenvalue weighted by Gasteiger charge is -2.15. The number of amides is 1. The lowest BCUT2D eigenvalue weighted by molar-refractivity contribution is -0.384. The van der Waals surface area contributed by atoms with Crippen LogP contribution < -0.4 is 10.6 Å². The maximum atomic E-state index is 12.4. The standard InChI is InChI=1S/C22H25N5O3S/c1-15-14-31-21(25-15)8-4-6-12-24-22(28)17-9-10-19(20(13-17)27(29)30)26-16(2)18-7-3-5-11-23-18/h3,5,7,9-11,13-14,16,26H,4,6,8,12H2,1-2H3,(H,24,28). The van der Waals surface area contributed by atoms with E-state index in [1.54, 1.807) is 29.7 Å². The molecule has 1 aromatic carbocycles. The number of anilines is 1. The van der Waals surface area contributed by atoms with Crippen LogP contribution in [0.1, 0.15) is 52.6 Å². The lowest BCUT2D eigenvalue weighted by Crippen LogP contribution is -2.24. The molecule has 0 radical (unpaired) electrons. The third-order valence-electron chi connectivity index (χ3n) is 4.73. The van der Waals surface area contributed by atoms with E-state index in [1.165, 1.54) is 6.07 Å². The van der Waals surface area contributed by atoms with E-state index in [0.717, 1.165) is 35.7 Å². The fraction of sp³-hybridized carbons (Fsp3) is 0.318. The number of carbonyl (C=O) groups excluding carboxylic acids is 1. The Kier molecular flexibility index (Phi) is 7.66. The number of nitro groups is 1. The van der Waals surface area contributed by atoms with Crippen molar-refractivity contribution >= 4 is 28.6 Å². The van der Waals surface area contributed by atoms with E-state index < -0.39 is 4.92 Å². The number of hydrogen-bond acceptors (Lipinski definition) is 7. The SMILES string of the molecule is Cc1csc(CCCCNC(=O)c2ccc(NC(C)c3ccccn3)c([N+](=O)[O-])c2)n1. The smallest absolute Gasteiger partial charge is 0.293 e. The molecule has 0 aliphatic heterocycles. The molecule has 2 heterocycles. The molecule has 0 fully saturated rings. The molecule has 1 unspecified atom stereocenters. The Morgan fingerprint density at radius 1 is 1.26 bits per heavy atom. The molecule has 2 N–H and O–H groups in total. The number of nitrogens with zero attached hydrogens (tertiary/aromatic N) is 3. The summed E-state index contributed by atoms with van der Waals surface area (Å²) < 4.78 is 0. The summed E-state index contributed by atoms with van der Waals surface area (Å²) in [5.41, 5.74) is 2.26. The van der Waals surface area contributed by atoms with Crippen LogP contribution in [0, 0.1) is 17.0 Å². The predicted octanol–water partition coefficient (Wildman–Crippen LogP) is 4.68. The molecule has 0 aliphatic carbocycles. The number of nitro benzene ring substituents is 1. The van der Waals surface area contributed by atoms with Gasteiger partial charge in [0.1, 0.15) is 5.69 Å². The molecule has 0 spiro atoms. The van der Waals surface area contributed by atoms with E-state index in [2.05, 4.69) is 20.6 Å². The number of rotatable bonds is 10. The summed E-state index contributed by atoms with van der Waals surface area (Å²) in [4.78, 5) is 32.2. The van der Waals surface area contributed by atoms with Crippen LogP contribution in [0.15, 0.2) is 48.0 Å². The Bertz CT molecular complexity index is 1040. The van der Waals surface area contributed by atoms with E-state index in [1.807, 2.05) is 37.4 Å². The zero-order valence-electron chi connectivity index (χ0n) is 17.5. The second-order valence-corrected chi connectivity index (χ2v) is 8.15. The summed E-state index contributed by atoms with van der Waals surface area (Å²) in [6.07, 6.45) is 4.29. The van der Waals surface area contributed by atoms with Gasteiger partial charge in [0, 0.05) is 35.4 Å². The van der Waals surface area contributed by atoms with Gasteiger partial charge in [0.05, 0.1) is 21.7 Å². The van der Waals surface area contributed by atoms with Gasteiger partial charge in [0.2, 0.25) is 0 Å². The minimum atomic E-state index is -0.486. The molecule has 2 aromatic heterocycles. The van der Waals surface area contributed by atoms with Crippen LogP contribution in [0.25, 0.3) is 0 Å². The minimum Gasteiger partial charge on any atom is -0.371 e. The summed E-state index contributed by atoms with van der Waals surface area (Å²) in [7, 11) is 0. The first-order valence-corrected chi connectivity index (χ1v) is 11.0. The summed E-state index contributed by atoms with van der Waals surface area (Å²) in [5.74, 6) is -0.322. The molecule has 3 rings (SSSR count). The molecule has 0 saturated heterocycles. The Balaban J connectivity index is 1.56. The van der Waals surface area contributed by atoms with Crippen LogP contribution in [0.2, 0.25) is 0 Å². The number of carbonyl (C=O) groups is 1. The van der Waals surface area contributed by atoms with E-state index in [-0.39, 0.29) is 23.2 Å². The van der Waals surface area contributed by atoms with Crippen molar-refractivity contribution in [2.45, 2.75) is 39.2 Å². The molecule has 3 aromatic rings. The molecule has 1 atom stereocenters. The maximum Gasteiger partial charge on any atom is 0.293 e. The number of benzene rings is 1. The van der Waals surface area contributed by atoms with Gasteiger partial charge in [0.15, 0.2) is 0 Å². The van der Waals surface area contributed by atoms with E-state index in [4.69, 9.17) is 0 Å². The number of unbranched alkanes of at least 4 members (excludes halogenated alkanes) is 1. The van der Waals surface area contributed by atoms with Crippen molar-refractivity contribution < 1.29 is 9.72 Å². The molecule has 0 aliphatic rings. The van der Waals surface area contributed by atoms with Crippen LogP contribution >= 0.6 is 11.3 Å². The van der Waals surface area contributed by atoms with E-state index in [9.17, 15) is 14.9 Å². The van der Waals surface area contributed by atoms with Gasteiger partial charge < -0.3 is 10.6 Å². The highest BCUT2D eigenvalue weighted by Crippen LogP contribution is 2.29. The predicted molar refractivity (Wildman–Crippen MR) is 121 cm³/mol. The number of pyridine rings is 1. The van der Waals surface area contributed by atoms with E-state index >= 15 is 0 Å². The first kappa shape index (κ1) is 22.4. The Morgan fingerprint density at radius 3 is 2.77 bits per heavy atom. The molecule has 0 bridgehead atoms. The van der Waals surface area contributed by atoms with Crippen molar-refractivity contribution in [1.29, 1.82) is 0 Å². The van der Waals surface area contributed by atoms with Crippen molar-refractivity contribution in [2.24, 2.45) is 0 Å². The maximum absolute atomic E-state index is 12.4. The van der Waals surface area contributed by atoms with E-state index in [0.29, 0.717) is 12.2 Å². The van der Waals surface area contributed by atoms with Crippen LogP contribution in [0.5, 0.6) is 0 Å². The number of hydrogen-bond donors (Lipinski definition) is 2. The third-order valence-corrected chi connectivity index (χ3v) is 5.76. The van der Waals surface area contributed by atoms with Gasteiger partial charge in [-0.05, 0) is 57.4 Å². The number of nitrogens with one attached hydrogen (secondary N) is 2. The minimum absolute atomic E-state index is 0.144. The van der Waals surface area contributed by atoms with Gasteiger partial charge in [-0.25, -0.2) is 4.98 Å². The zero-order valence-corrected chi connectivity index (χ0v) is 18.3. The van der Waals surface area contributed by atoms with Crippen molar-refractivity contribution in [3.8, 4) is 0 Å². The third kappa shape index (κ3) is 6.32.